The summed E-state index contributed by atoms with van der Waals surface area (Å²) in [7, 11) is 1.34. The normalized spacial score (nSPS) is 20.1. The Balaban J connectivity index is 2.17. The first kappa shape index (κ1) is 11.8. The molecule has 1 saturated heterocycles. The van der Waals surface area contributed by atoms with E-state index in [1.807, 2.05) is 0 Å². The third-order valence-corrected chi connectivity index (χ3v) is 2.71. The highest BCUT2D eigenvalue weighted by Gasteiger charge is 2.18. The van der Waals surface area contributed by atoms with Crippen molar-refractivity contribution in [1.29, 1.82) is 0 Å². The van der Waals surface area contributed by atoms with E-state index in [1.165, 1.54) is 13.3 Å². The van der Waals surface area contributed by atoms with Gasteiger partial charge in [0, 0.05) is 25.7 Å². The lowest BCUT2D eigenvalue weighted by atomic mass is 10.2. The molecule has 0 saturated carbocycles. The van der Waals surface area contributed by atoms with Crippen LogP contribution in [0.5, 0.6) is 0 Å². The van der Waals surface area contributed by atoms with Crippen LogP contribution in [0.1, 0.15) is 17.4 Å². The third-order valence-electron chi connectivity index (χ3n) is 2.71. The van der Waals surface area contributed by atoms with E-state index >= 15 is 0 Å². The first-order valence-corrected chi connectivity index (χ1v) is 5.59. The van der Waals surface area contributed by atoms with Gasteiger partial charge in [-0.1, -0.05) is 0 Å². The van der Waals surface area contributed by atoms with Gasteiger partial charge in [0.15, 0.2) is 5.69 Å². The molecule has 0 radical (unpaired) electrons. The smallest absolute Gasteiger partial charge is 0.358 e. The lowest BCUT2D eigenvalue weighted by Crippen LogP contribution is -2.49. The van der Waals surface area contributed by atoms with Crippen molar-refractivity contribution in [1.82, 2.24) is 15.3 Å². The molecule has 1 unspecified atom stereocenters. The van der Waals surface area contributed by atoms with E-state index in [0.717, 1.165) is 25.5 Å². The van der Waals surface area contributed by atoms with Gasteiger partial charge in [-0.3, -0.25) is 4.98 Å². The standard InChI is InChI=1S/C11H16N4O2/c1-8-7-15(4-3-13-8)10-6-12-5-9(14-10)11(16)17-2/h5-6,8,13H,3-4,7H2,1-2H3. The van der Waals surface area contributed by atoms with Crippen molar-refractivity contribution >= 4 is 11.8 Å². The van der Waals surface area contributed by atoms with Crippen LogP contribution < -0.4 is 10.2 Å². The van der Waals surface area contributed by atoms with Gasteiger partial charge < -0.3 is 15.0 Å². The summed E-state index contributed by atoms with van der Waals surface area (Å²) in [5, 5.41) is 3.35. The summed E-state index contributed by atoms with van der Waals surface area (Å²) >= 11 is 0. The Labute approximate surface area is 100 Å². The maximum atomic E-state index is 11.4. The molecule has 1 fully saturated rings. The molecule has 0 aliphatic carbocycles. The number of esters is 1. The number of carbonyl (C=O) groups excluding carboxylic acids is 1. The second-order valence-electron chi connectivity index (χ2n) is 4.06. The highest BCUT2D eigenvalue weighted by Crippen LogP contribution is 2.12. The summed E-state index contributed by atoms with van der Waals surface area (Å²) in [4.78, 5) is 21.8. The Hall–Kier alpha value is -1.69. The van der Waals surface area contributed by atoms with Gasteiger partial charge >= 0.3 is 5.97 Å². The number of nitrogens with zero attached hydrogens (tertiary/aromatic N) is 3. The number of hydrogen-bond acceptors (Lipinski definition) is 6. The van der Waals surface area contributed by atoms with Gasteiger partial charge in [-0.25, -0.2) is 9.78 Å². The van der Waals surface area contributed by atoms with Crippen molar-refractivity contribution in [2.45, 2.75) is 13.0 Å². The summed E-state index contributed by atoms with van der Waals surface area (Å²) in [5.41, 5.74) is 0.246. The van der Waals surface area contributed by atoms with Gasteiger partial charge in [0.25, 0.3) is 0 Å². The molecule has 0 aromatic carbocycles. The minimum Gasteiger partial charge on any atom is -0.464 e. The fourth-order valence-corrected chi connectivity index (χ4v) is 1.85. The van der Waals surface area contributed by atoms with Crippen LogP contribution in [0.4, 0.5) is 5.82 Å². The molecule has 6 nitrogen and oxygen atoms in total. The van der Waals surface area contributed by atoms with Crippen molar-refractivity contribution < 1.29 is 9.53 Å². The van der Waals surface area contributed by atoms with Crippen LogP contribution >= 0.6 is 0 Å². The molecular formula is C11H16N4O2. The first-order valence-electron chi connectivity index (χ1n) is 5.59. The Morgan fingerprint density at radius 1 is 1.59 bits per heavy atom. The number of rotatable bonds is 2. The Morgan fingerprint density at radius 2 is 2.41 bits per heavy atom. The van der Waals surface area contributed by atoms with Crippen molar-refractivity contribution in [3.05, 3.63) is 18.1 Å². The SMILES string of the molecule is COC(=O)c1cncc(N2CCNC(C)C2)n1. The van der Waals surface area contributed by atoms with Gasteiger partial charge in [0.2, 0.25) is 0 Å². The predicted octanol–water partition coefficient (Wildman–Crippen LogP) is 0.0613. The zero-order valence-electron chi connectivity index (χ0n) is 10.0. The monoisotopic (exact) mass is 236 g/mol. The largest absolute Gasteiger partial charge is 0.464 e. The van der Waals surface area contributed by atoms with Crippen molar-refractivity contribution in [3.8, 4) is 0 Å². The van der Waals surface area contributed by atoms with Crippen molar-refractivity contribution in [3.63, 3.8) is 0 Å². The quantitative estimate of drug-likeness (QED) is 0.732. The fraction of sp³-hybridized carbons (Fsp3) is 0.545. The van der Waals surface area contributed by atoms with E-state index < -0.39 is 5.97 Å². The van der Waals surface area contributed by atoms with Crippen LogP contribution in [0, 0.1) is 0 Å². The molecule has 17 heavy (non-hydrogen) atoms. The number of nitrogens with one attached hydrogen (secondary N) is 1. The molecule has 2 heterocycles. The summed E-state index contributed by atoms with van der Waals surface area (Å²) in [6.45, 7) is 4.75. The molecule has 1 aromatic heterocycles. The van der Waals surface area contributed by atoms with Crippen molar-refractivity contribution in [2.75, 3.05) is 31.6 Å². The number of hydrogen-bond donors (Lipinski definition) is 1. The van der Waals surface area contributed by atoms with Gasteiger partial charge in [0.1, 0.15) is 5.82 Å². The number of carbonyl (C=O) groups is 1. The highest BCUT2D eigenvalue weighted by molar-refractivity contribution is 5.87. The van der Waals surface area contributed by atoms with Crippen LogP contribution in [-0.2, 0) is 4.74 Å². The van der Waals surface area contributed by atoms with Crippen LogP contribution in [-0.4, -0.2) is 48.7 Å². The molecule has 92 valence electrons. The first-order chi connectivity index (χ1) is 8.20. The maximum Gasteiger partial charge on any atom is 0.358 e. The fourth-order valence-electron chi connectivity index (χ4n) is 1.85. The molecule has 1 N–H and O–H groups in total. The van der Waals surface area contributed by atoms with Gasteiger partial charge in [0.05, 0.1) is 19.5 Å². The molecule has 0 spiro atoms. The second-order valence-corrected chi connectivity index (χ2v) is 4.06. The lowest BCUT2D eigenvalue weighted by molar-refractivity contribution is 0.0593. The van der Waals surface area contributed by atoms with E-state index in [2.05, 4.69) is 31.8 Å². The van der Waals surface area contributed by atoms with Crippen LogP contribution in [0.3, 0.4) is 0 Å². The summed E-state index contributed by atoms with van der Waals surface area (Å²) in [5.74, 6) is 0.267. The topological polar surface area (TPSA) is 67.3 Å². The predicted molar refractivity (Wildman–Crippen MR) is 63.0 cm³/mol. The summed E-state index contributed by atoms with van der Waals surface area (Å²) < 4.78 is 4.63. The molecule has 0 bridgehead atoms. The molecule has 1 aliphatic rings. The average molecular weight is 236 g/mol. The molecular weight excluding hydrogens is 220 g/mol. The van der Waals surface area contributed by atoms with Gasteiger partial charge in [-0.2, -0.15) is 0 Å². The van der Waals surface area contributed by atoms with Crippen LogP contribution in [0.2, 0.25) is 0 Å². The van der Waals surface area contributed by atoms with Crippen LogP contribution in [0.15, 0.2) is 12.4 Å². The van der Waals surface area contributed by atoms with Gasteiger partial charge in [-0.05, 0) is 6.92 Å². The maximum absolute atomic E-state index is 11.4. The molecule has 1 aromatic rings. The Bertz CT molecular complexity index is 410. The minimum absolute atomic E-state index is 0.246. The minimum atomic E-state index is -0.456. The zero-order chi connectivity index (χ0) is 12.3. The van der Waals surface area contributed by atoms with E-state index in [4.69, 9.17) is 0 Å². The zero-order valence-corrected chi connectivity index (χ0v) is 10.0. The number of methoxy groups -OCH3 is 1. The van der Waals surface area contributed by atoms with E-state index in [9.17, 15) is 4.79 Å². The van der Waals surface area contributed by atoms with Gasteiger partial charge in [-0.15, -0.1) is 0 Å². The van der Waals surface area contributed by atoms with E-state index in [-0.39, 0.29) is 5.69 Å². The average Bonchev–Trinajstić information content (AvgIpc) is 2.38. The number of anilines is 1. The highest BCUT2D eigenvalue weighted by atomic mass is 16.5. The number of aromatic nitrogens is 2. The summed E-state index contributed by atoms with van der Waals surface area (Å²) in [6, 6.07) is 0.410. The van der Waals surface area contributed by atoms with E-state index in [0.29, 0.717) is 6.04 Å². The van der Waals surface area contributed by atoms with E-state index in [1.54, 1.807) is 6.20 Å². The second kappa shape index (κ2) is 5.09. The van der Waals surface area contributed by atoms with Crippen molar-refractivity contribution in [2.24, 2.45) is 0 Å². The Kier molecular flexibility index (Phi) is 3.53. The molecule has 0 amide bonds. The molecule has 1 aliphatic heterocycles. The summed E-state index contributed by atoms with van der Waals surface area (Å²) in [6.07, 6.45) is 3.09. The number of ether oxygens (including phenoxy) is 1. The molecule has 6 heteroatoms. The Morgan fingerprint density at radius 3 is 3.12 bits per heavy atom. The van der Waals surface area contributed by atoms with Crippen LogP contribution in [0.25, 0.3) is 0 Å². The molecule has 2 rings (SSSR count). The lowest BCUT2D eigenvalue weighted by Gasteiger charge is -2.32. The number of piperazine rings is 1. The molecule has 1 atom stereocenters. The third kappa shape index (κ3) is 2.71.